The third-order valence-corrected chi connectivity index (χ3v) is 7.47. The average molecular weight is 593 g/mol. The van der Waals surface area contributed by atoms with E-state index in [0.29, 0.717) is 30.5 Å². The maximum atomic E-state index is 13.4. The molecule has 2 fully saturated rings. The van der Waals surface area contributed by atoms with Gasteiger partial charge in [-0.05, 0) is 44.5 Å². The van der Waals surface area contributed by atoms with Gasteiger partial charge >= 0.3 is 12.2 Å². The number of nitrogens with one attached hydrogen (secondary N) is 1. The molecule has 41 heavy (non-hydrogen) atoms. The molecular weight excluding hydrogens is 565 g/mol. The number of alkyl halides is 3. The molecule has 14 heteroatoms. The van der Waals surface area contributed by atoms with Crippen LogP contribution in [0.25, 0.3) is 11.3 Å². The van der Waals surface area contributed by atoms with Gasteiger partial charge in [0.2, 0.25) is 6.35 Å². The summed E-state index contributed by atoms with van der Waals surface area (Å²) in [7, 11) is 0. The number of aromatic nitrogens is 3. The molecule has 3 aliphatic heterocycles. The lowest BCUT2D eigenvalue weighted by Crippen LogP contribution is -2.52. The molecule has 2 saturated heterocycles. The van der Waals surface area contributed by atoms with Crippen LogP contribution in [0.15, 0.2) is 42.6 Å². The van der Waals surface area contributed by atoms with Gasteiger partial charge in [0.05, 0.1) is 34.6 Å². The Hall–Kier alpha value is -3.39. The van der Waals surface area contributed by atoms with Gasteiger partial charge in [0.15, 0.2) is 11.6 Å². The Labute approximate surface area is 239 Å². The van der Waals surface area contributed by atoms with Crippen LogP contribution in [0.1, 0.15) is 25.8 Å². The first-order valence-corrected chi connectivity index (χ1v) is 13.5. The minimum atomic E-state index is -4.51. The maximum absolute atomic E-state index is 13.4. The van der Waals surface area contributed by atoms with Crippen molar-refractivity contribution in [1.29, 1.82) is 0 Å². The number of fused-ring (bicyclic) bond motifs is 4. The standard InChI is InChI=1S/C27H28ClF3N6O4/c1-26(2)40-14-18(41-26)13-39-24-32-8-6-21(33-24)34-25(38)37-17-7-9-36(12-17)20-11-19(28)22(35-23(20)37)15-4-3-5-16(10-15)27(29,30)31/h3-6,8,10-11,17-18,25,38H,7,9,12-14H2,1-2H3,(H,32,33,34)/t17-,18-,25?/m0/s1. The Balaban J connectivity index is 1.24. The summed E-state index contributed by atoms with van der Waals surface area (Å²) in [6.45, 7) is 5.57. The lowest BCUT2D eigenvalue weighted by molar-refractivity contribution is -0.141. The number of hydrogen-bond donors (Lipinski definition) is 2. The number of rotatable bonds is 7. The highest BCUT2D eigenvalue weighted by atomic mass is 35.5. The first-order valence-electron chi connectivity index (χ1n) is 13.1. The third kappa shape index (κ3) is 5.71. The van der Waals surface area contributed by atoms with Crippen molar-refractivity contribution in [3.05, 3.63) is 53.2 Å². The van der Waals surface area contributed by atoms with Crippen molar-refractivity contribution >= 4 is 28.9 Å². The van der Waals surface area contributed by atoms with E-state index in [1.165, 1.54) is 18.3 Å². The number of hydrogen-bond acceptors (Lipinski definition) is 10. The predicted molar refractivity (Wildman–Crippen MR) is 145 cm³/mol. The summed E-state index contributed by atoms with van der Waals surface area (Å²) in [6, 6.07) is 8.13. The number of pyridine rings is 1. The SMILES string of the molecule is CC1(C)OC[C@H](COc2nccc(NC(O)N3c4nc(-c5cccc(C(F)(F)F)c5)c(Cl)cc4N4CC[C@H]3C4)n2)O1. The molecule has 3 atom stereocenters. The van der Waals surface area contributed by atoms with Crippen molar-refractivity contribution in [1.82, 2.24) is 15.0 Å². The Morgan fingerprint density at radius 1 is 1.24 bits per heavy atom. The minimum absolute atomic E-state index is 0.0957. The van der Waals surface area contributed by atoms with Gasteiger partial charge in [-0.15, -0.1) is 0 Å². The van der Waals surface area contributed by atoms with Crippen molar-refractivity contribution in [3.63, 3.8) is 0 Å². The van der Waals surface area contributed by atoms with E-state index < -0.39 is 23.9 Å². The van der Waals surface area contributed by atoms with E-state index in [9.17, 15) is 18.3 Å². The summed E-state index contributed by atoms with van der Waals surface area (Å²) in [5.41, 5.74) is 0.301. The molecular formula is C27H28ClF3N6O4. The van der Waals surface area contributed by atoms with E-state index in [-0.39, 0.29) is 41.0 Å². The molecule has 0 aliphatic carbocycles. The van der Waals surface area contributed by atoms with E-state index >= 15 is 0 Å². The molecule has 3 aromatic rings. The molecule has 0 spiro atoms. The van der Waals surface area contributed by atoms with Gasteiger partial charge < -0.3 is 34.4 Å². The number of aliphatic hydroxyl groups is 1. The van der Waals surface area contributed by atoms with Gasteiger partial charge in [-0.3, -0.25) is 0 Å². The van der Waals surface area contributed by atoms with Crippen LogP contribution >= 0.6 is 11.6 Å². The quantitative estimate of drug-likeness (QED) is 0.380. The van der Waals surface area contributed by atoms with E-state index in [0.717, 1.165) is 25.1 Å². The summed E-state index contributed by atoms with van der Waals surface area (Å²) in [5, 5.41) is 14.6. The van der Waals surface area contributed by atoms with Crippen LogP contribution in [0.2, 0.25) is 5.02 Å². The Morgan fingerprint density at radius 2 is 2.07 bits per heavy atom. The van der Waals surface area contributed by atoms with E-state index in [1.54, 1.807) is 17.0 Å². The van der Waals surface area contributed by atoms with Gasteiger partial charge in [0, 0.05) is 24.8 Å². The molecule has 0 amide bonds. The monoisotopic (exact) mass is 592 g/mol. The molecule has 3 aliphatic rings. The Morgan fingerprint density at radius 3 is 2.83 bits per heavy atom. The van der Waals surface area contributed by atoms with Crippen LogP contribution < -0.4 is 19.9 Å². The van der Waals surface area contributed by atoms with Crippen LogP contribution in [0, 0.1) is 0 Å². The molecule has 5 heterocycles. The summed E-state index contributed by atoms with van der Waals surface area (Å²) in [6.07, 6.45) is -3.81. The molecule has 2 aromatic heterocycles. The zero-order chi connectivity index (χ0) is 28.9. The summed E-state index contributed by atoms with van der Waals surface area (Å²) < 4.78 is 57.1. The van der Waals surface area contributed by atoms with Crippen molar-refractivity contribution in [2.24, 2.45) is 0 Å². The largest absolute Gasteiger partial charge is 0.461 e. The number of halogens is 4. The van der Waals surface area contributed by atoms with Gasteiger partial charge in [-0.25, -0.2) is 9.97 Å². The number of nitrogens with zero attached hydrogens (tertiary/aromatic N) is 5. The zero-order valence-corrected chi connectivity index (χ0v) is 23.0. The molecule has 6 rings (SSSR count). The van der Waals surface area contributed by atoms with E-state index in [1.807, 2.05) is 13.8 Å². The second-order valence-electron chi connectivity index (χ2n) is 10.5. The summed E-state index contributed by atoms with van der Waals surface area (Å²) in [4.78, 5) is 17.0. The van der Waals surface area contributed by atoms with Gasteiger partial charge in [0.1, 0.15) is 18.5 Å². The molecule has 1 aromatic carbocycles. The molecule has 1 unspecified atom stereocenters. The van der Waals surface area contributed by atoms with Crippen molar-refractivity contribution in [3.8, 4) is 17.3 Å². The second kappa shape index (κ2) is 10.5. The number of ether oxygens (including phenoxy) is 3. The first kappa shape index (κ1) is 27.8. The molecule has 218 valence electrons. The molecule has 2 bridgehead atoms. The molecule has 0 saturated carbocycles. The summed E-state index contributed by atoms with van der Waals surface area (Å²) in [5.74, 6) is 0.0323. The third-order valence-electron chi connectivity index (χ3n) is 7.18. The topological polar surface area (TPSA) is 105 Å². The van der Waals surface area contributed by atoms with Gasteiger partial charge in [0.25, 0.3) is 0 Å². The number of aliphatic hydroxyl groups excluding tert-OH is 1. The molecule has 2 N–H and O–H groups in total. The van der Waals surface area contributed by atoms with Crippen LogP contribution in [-0.4, -0.2) is 70.6 Å². The Kier molecular flexibility index (Phi) is 7.09. The van der Waals surface area contributed by atoms with E-state index in [2.05, 4.69) is 20.2 Å². The van der Waals surface area contributed by atoms with Gasteiger partial charge in [-0.2, -0.15) is 18.2 Å². The average Bonchev–Trinajstić information content (AvgIpc) is 3.50. The second-order valence-corrected chi connectivity index (χ2v) is 10.9. The fourth-order valence-electron chi connectivity index (χ4n) is 5.32. The van der Waals surface area contributed by atoms with Crippen LogP contribution in [0.5, 0.6) is 6.01 Å². The highest BCUT2D eigenvalue weighted by molar-refractivity contribution is 6.33. The van der Waals surface area contributed by atoms with Crippen LogP contribution in [-0.2, 0) is 15.7 Å². The Bertz CT molecular complexity index is 1440. The summed E-state index contributed by atoms with van der Waals surface area (Å²) >= 11 is 6.55. The van der Waals surface area contributed by atoms with Crippen molar-refractivity contribution in [2.45, 2.75) is 50.7 Å². The first-order chi connectivity index (χ1) is 19.5. The minimum Gasteiger partial charge on any atom is -0.461 e. The maximum Gasteiger partial charge on any atom is 0.416 e. The highest BCUT2D eigenvalue weighted by Crippen LogP contribution is 2.44. The molecule has 0 radical (unpaired) electrons. The zero-order valence-electron chi connectivity index (χ0n) is 22.2. The van der Waals surface area contributed by atoms with Crippen LogP contribution in [0.3, 0.4) is 0 Å². The van der Waals surface area contributed by atoms with Gasteiger partial charge in [-0.1, -0.05) is 23.7 Å². The fourth-order valence-corrected chi connectivity index (χ4v) is 5.57. The highest BCUT2D eigenvalue weighted by Gasteiger charge is 2.41. The number of anilines is 3. The van der Waals surface area contributed by atoms with E-state index in [4.69, 9.17) is 30.8 Å². The fraction of sp³-hybridized carbons (Fsp3) is 0.444. The van der Waals surface area contributed by atoms with Crippen molar-refractivity contribution in [2.75, 3.05) is 41.4 Å². The predicted octanol–water partition coefficient (Wildman–Crippen LogP) is 4.53. The smallest absolute Gasteiger partial charge is 0.416 e. The molecule has 10 nitrogen and oxygen atoms in total. The lowest BCUT2D eigenvalue weighted by Gasteiger charge is -2.40. The van der Waals surface area contributed by atoms with Crippen LogP contribution in [0.4, 0.5) is 30.5 Å². The number of benzene rings is 1. The lowest BCUT2D eigenvalue weighted by atomic mass is 10.1. The van der Waals surface area contributed by atoms with Crippen molar-refractivity contribution < 1.29 is 32.5 Å². The normalized spacial score (nSPS) is 22.0.